The number of nitrogens with zero attached hydrogens (tertiary/aromatic N) is 2. The minimum atomic E-state index is -0.805. The van der Waals surface area contributed by atoms with Gasteiger partial charge in [-0.15, -0.1) is 0 Å². The summed E-state index contributed by atoms with van der Waals surface area (Å²) in [6, 6.07) is 8.12. The highest BCUT2D eigenvalue weighted by Gasteiger charge is 2.16. The van der Waals surface area contributed by atoms with E-state index >= 15 is 0 Å². The molecular weight excluding hydrogens is 318 g/mol. The van der Waals surface area contributed by atoms with Crippen LogP contribution in [0.5, 0.6) is 17.2 Å². The van der Waals surface area contributed by atoms with Crippen molar-refractivity contribution in [1.29, 1.82) is 0 Å². The smallest absolute Gasteiger partial charge is 0.311 e. The Hall–Kier alpha value is -3.62. The van der Waals surface area contributed by atoms with Gasteiger partial charge in [0.15, 0.2) is 5.75 Å². The monoisotopic (exact) mass is 331 g/mol. The number of phenols is 2. The van der Waals surface area contributed by atoms with Crippen molar-refractivity contribution in [3.8, 4) is 17.2 Å². The molecule has 2 rings (SSSR count). The third-order valence-corrected chi connectivity index (χ3v) is 3.02. The molecule has 0 aliphatic rings. The fraction of sp³-hybridized carbons (Fsp3) is 0.0667. The number of rotatable bonds is 5. The van der Waals surface area contributed by atoms with Crippen molar-refractivity contribution in [2.45, 2.75) is 0 Å². The molecule has 0 fully saturated rings. The Balaban J connectivity index is 2.15. The highest BCUT2D eigenvalue weighted by atomic mass is 16.6. The largest absolute Gasteiger partial charge is 0.507 e. The summed E-state index contributed by atoms with van der Waals surface area (Å²) in [5.41, 5.74) is 1.89. The fourth-order valence-corrected chi connectivity index (χ4v) is 1.82. The van der Waals surface area contributed by atoms with Crippen molar-refractivity contribution in [3.05, 3.63) is 57.6 Å². The van der Waals surface area contributed by atoms with Gasteiger partial charge in [0.2, 0.25) is 0 Å². The second kappa shape index (κ2) is 7.09. The molecule has 2 aromatic carbocycles. The van der Waals surface area contributed by atoms with Crippen molar-refractivity contribution in [3.63, 3.8) is 0 Å². The Kier molecular flexibility index (Phi) is 4.95. The average molecular weight is 331 g/mol. The van der Waals surface area contributed by atoms with Gasteiger partial charge in [0.1, 0.15) is 11.5 Å². The van der Waals surface area contributed by atoms with Crippen LogP contribution in [0.1, 0.15) is 15.9 Å². The molecule has 3 N–H and O–H groups in total. The molecule has 0 spiro atoms. The first-order valence-electron chi connectivity index (χ1n) is 6.60. The fourth-order valence-electron chi connectivity index (χ4n) is 1.82. The number of phenolic OH excluding ortho intramolecular Hbond substituents is 2. The summed E-state index contributed by atoms with van der Waals surface area (Å²) in [6.07, 6.45) is 1.03. The van der Waals surface area contributed by atoms with E-state index in [1.165, 1.54) is 13.2 Å². The van der Waals surface area contributed by atoms with Gasteiger partial charge in [-0.3, -0.25) is 14.9 Å². The van der Waals surface area contributed by atoms with Crippen LogP contribution in [0.2, 0.25) is 0 Å². The first-order valence-corrected chi connectivity index (χ1v) is 6.60. The molecule has 0 atom stereocenters. The number of ether oxygens (including phenoxy) is 1. The lowest BCUT2D eigenvalue weighted by atomic mass is 10.2. The van der Waals surface area contributed by atoms with E-state index in [2.05, 4.69) is 10.5 Å². The maximum Gasteiger partial charge on any atom is 0.311 e. The van der Waals surface area contributed by atoms with E-state index in [-0.39, 0.29) is 5.56 Å². The number of nitrogens with one attached hydrogen (secondary N) is 1. The molecular formula is C15H13N3O6. The molecule has 0 heterocycles. The van der Waals surface area contributed by atoms with E-state index in [4.69, 9.17) is 4.74 Å². The van der Waals surface area contributed by atoms with Crippen molar-refractivity contribution in [1.82, 2.24) is 5.43 Å². The molecule has 9 heteroatoms. The van der Waals surface area contributed by atoms with E-state index in [9.17, 15) is 25.1 Å². The molecule has 24 heavy (non-hydrogen) atoms. The highest BCUT2D eigenvalue weighted by Crippen LogP contribution is 2.31. The minimum Gasteiger partial charge on any atom is -0.507 e. The number of methoxy groups -OCH3 is 1. The number of aromatic hydroxyl groups is 2. The number of benzene rings is 2. The van der Waals surface area contributed by atoms with E-state index < -0.39 is 28.0 Å². The number of carbonyl (C=O) groups is 1. The summed E-state index contributed by atoms with van der Waals surface area (Å²) in [6.45, 7) is 0. The van der Waals surface area contributed by atoms with Crippen LogP contribution in [-0.4, -0.2) is 34.4 Å². The summed E-state index contributed by atoms with van der Waals surface area (Å²) < 4.78 is 5.00. The topological polar surface area (TPSA) is 134 Å². The lowest BCUT2D eigenvalue weighted by molar-refractivity contribution is -0.385. The first kappa shape index (κ1) is 16.7. The number of nitro groups is 1. The summed E-state index contributed by atoms with van der Waals surface area (Å²) >= 11 is 0. The van der Waals surface area contributed by atoms with Gasteiger partial charge in [0, 0.05) is 23.3 Å². The molecule has 0 bridgehead atoms. The maximum absolute atomic E-state index is 11.9. The van der Waals surface area contributed by atoms with Crippen LogP contribution in [0.4, 0.5) is 5.69 Å². The predicted octanol–water partition coefficient (Wildman–Crippen LogP) is 1.78. The zero-order chi connectivity index (χ0) is 17.7. The summed E-state index contributed by atoms with van der Waals surface area (Å²) in [7, 11) is 1.47. The number of hydrogen-bond donors (Lipinski definition) is 3. The van der Waals surface area contributed by atoms with Crippen molar-refractivity contribution in [2.75, 3.05) is 7.11 Å². The molecule has 0 saturated heterocycles. The Labute approximate surface area is 136 Å². The van der Waals surface area contributed by atoms with Gasteiger partial charge >= 0.3 is 5.69 Å². The Morgan fingerprint density at radius 1 is 1.29 bits per heavy atom. The maximum atomic E-state index is 11.9. The molecule has 2 aromatic rings. The number of nitro benzene ring substituents is 1. The molecule has 9 nitrogen and oxygen atoms in total. The minimum absolute atomic E-state index is 0.0366. The van der Waals surface area contributed by atoms with Crippen molar-refractivity contribution in [2.24, 2.45) is 5.10 Å². The Morgan fingerprint density at radius 3 is 2.71 bits per heavy atom. The van der Waals surface area contributed by atoms with Crippen LogP contribution >= 0.6 is 0 Å². The molecule has 1 amide bonds. The number of amides is 1. The molecule has 0 saturated carbocycles. The molecule has 0 aromatic heterocycles. The Bertz CT molecular complexity index is 819. The van der Waals surface area contributed by atoms with E-state index in [0.717, 1.165) is 18.3 Å². The van der Waals surface area contributed by atoms with Crippen LogP contribution in [-0.2, 0) is 0 Å². The van der Waals surface area contributed by atoms with Gasteiger partial charge in [-0.25, -0.2) is 5.43 Å². The second-order valence-electron chi connectivity index (χ2n) is 4.59. The standard InChI is InChI=1S/C15H13N3O6/c1-24-11-4-2-3-9(5-11)15(21)17-16-8-10-6-12(18(22)23)14(20)7-13(10)19/h2-8,19-20H,1H3,(H,17,21)/b16-8+. The Morgan fingerprint density at radius 2 is 2.04 bits per heavy atom. The van der Waals surface area contributed by atoms with Crippen LogP contribution in [0.25, 0.3) is 0 Å². The summed E-state index contributed by atoms with van der Waals surface area (Å²) in [5, 5.41) is 33.4. The third-order valence-electron chi connectivity index (χ3n) is 3.02. The zero-order valence-electron chi connectivity index (χ0n) is 12.5. The molecule has 0 aliphatic heterocycles. The van der Waals surface area contributed by atoms with Crippen molar-refractivity contribution < 1.29 is 24.7 Å². The van der Waals surface area contributed by atoms with Crippen LogP contribution in [0.3, 0.4) is 0 Å². The highest BCUT2D eigenvalue weighted by molar-refractivity contribution is 5.95. The number of carbonyl (C=O) groups excluding carboxylic acids is 1. The average Bonchev–Trinajstić information content (AvgIpc) is 2.56. The van der Waals surface area contributed by atoms with Crippen molar-refractivity contribution >= 4 is 17.8 Å². The second-order valence-corrected chi connectivity index (χ2v) is 4.59. The molecule has 124 valence electrons. The van der Waals surface area contributed by atoms with Crippen LogP contribution in [0.15, 0.2) is 41.5 Å². The van der Waals surface area contributed by atoms with E-state index in [1.54, 1.807) is 18.2 Å². The normalized spacial score (nSPS) is 10.5. The predicted molar refractivity (Wildman–Crippen MR) is 84.5 cm³/mol. The van der Waals surface area contributed by atoms with E-state index in [0.29, 0.717) is 11.3 Å². The molecule has 0 radical (unpaired) electrons. The van der Waals surface area contributed by atoms with Crippen LogP contribution < -0.4 is 10.2 Å². The van der Waals surface area contributed by atoms with E-state index in [1.807, 2.05) is 0 Å². The number of hydrazone groups is 1. The van der Waals surface area contributed by atoms with Gasteiger partial charge in [0.05, 0.1) is 18.2 Å². The summed E-state index contributed by atoms with van der Waals surface area (Å²) in [5.74, 6) is -1.12. The molecule has 0 unspecified atom stereocenters. The summed E-state index contributed by atoms with van der Waals surface area (Å²) in [4.78, 5) is 21.9. The van der Waals surface area contributed by atoms with Gasteiger partial charge in [0.25, 0.3) is 5.91 Å². The third kappa shape index (κ3) is 3.77. The SMILES string of the molecule is COc1cccc(C(=O)N/N=C/c2cc([N+](=O)[O-])c(O)cc2O)c1. The van der Waals surface area contributed by atoms with Crippen LogP contribution in [0, 0.1) is 10.1 Å². The van der Waals surface area contributed by atoms with Gasteiger partial charge in [-0.2, -0.15) is 5.10 Å². The quantitative estimate of drug-likeness (QED) is 0.434. The number of hydrogen-bond acceptors (Lipinski definition) is 7. The lowest BCUT2D eigenvalue weighted by Crippen LogP contribution is -2.17. The zero-order valence-corrected chi connectivity index (χ0v) is 12.5. The first-order chi connectivity index (χ1) is 11.4. The van der Waals surface area contributed by atoms with Gasteiger partial charge in [-0.1, -0.05) is 6.07 Å². The lowest BCUT2D eigenvalue weighted by Gasteiger charge is -2.03. The van der Waals surface area contributed by atoms with Gasteiger partial charge < -0.3 is 14.9 Å². The molecule has 0 aliphatic carbocycles. The van der Waals surface area contributed by atoms with Gasteiger partial charge in [-0.05, 0) is 18.2 Å².